The van der Waals surface area contributed by atoms with E-state index in [2.05, 4.69) is 6.92 Å². The van der Waals surface area contributed by atoms with Gasteiger partial charge in [-0.15, -0.1) is 23.2 Å². The Balaban J connectivity index is 0. The SMILES string of the molecule is CC1CO1.ClCC=CCCl.NCCN. The third kappa shape index (κ3) is 29.5. The molecular weight excluding hydrogens is 223 g/mol. The van der Waals surface area contributed by atoms with Crippen LogP contribution in [0.4, 0.5) is 0 Å². The molecule has 0 spiro atoms. The normalized spacial score (nSPS) is 17.9. The zero-order valence-electron chi connectivity index (χ0n) is 8.59. The molecular formula is C9H20Cl2N2O. The molecule has 0 aromatic heterocycles. The quantitative estimate of drug-likeness (QED) is 0.446. The number of hydrogen-bond donors (Lipinski definition) is 2. The minimum absolute atomic E-state index is 0.562. The van der Waals surface area contributed by atoms with Crippen LogP contribution in [-0.4, -0.2) is 37.6 Å². The molecule has 0 saturated carbocycles. The second kappa shape index (κ2) is 15.7. The summed E-state index contributed by atoms with van der Waals surface area (Å²) in [6, 6.07) is 0. The fraction of sp³-hybridized carbons (Fsp3) is 0.778. The molecule has 1 saturated heterocycles. The Bertz CT molecular complexity index is 111. The minimum Gasteiger partial charge on any atom is -0.373 e. The predicted octanol–water partition coefficient (Wildman–Crippen LogP) is 1.33. The summed E-state index contributed by atoms with van der Waals surface area (Å²) in [5.74, 6) is 1.12. The first kappa shape index (κ1) is 16.6. The van der Waals surface area contributed by atoms with Gasteiger partial charge >= 0.3 is 0 Å². The second-order valence-electron chi connectivity index (χ2n) is 2.50. The van der Waals surface area contributed by atoms with Crippen molar-refractivity contribution in [2.24, 2.45) is 11.5 Å². The number of nitrogens with two attached hydrogens (primary N) is 2. The number of halogens is 2. The highest BCUT2D eigenvalue weighted by Gasteiger charge is 2.13. The van der Waals surface area contributed by atoms with Crippen LogP contribution in [0.1, 0.15) is 6.92 Å². The van der Waals surface area contributed by atoms with Crippen molar-refractivity contribution in [3.05, 3.63) is 12.2 Å². The molecule has 1 unspecified atom stereocenters. The fourth-order valence-corrected chi connectivity index (χ4v) is 0.474. The van der Waals surface area contributed by atoms with Crippen molar-refractivity contribution in [3.63, 3.8) is 0 Å². The maximum Gasteiger partial charge on any atom is 0.0781 e. The molecule has 5 heteroatoms. The van der Waals surface area contributed by atoms with Gasteiger partial charge in [0.2, 0.25) is 0 Å². The van der Waals surface area contributed by atoms with E-state index < -0.39 is 0 Å². The molecule has 1 rings (SSSR count). The highest BCUT2D eigenvalue weighted by atomic mass is 35.5. The van der Waals surface area contributed by atoms with E-state index in [4.69, 9.17) is 39.4 Å². The molecule has 1 aliphatic heterocycles. The zero-order valence-corrected chi connectivity index (χ0v) is 10.1. The topological polar surface area (TPSA) is 64.6 Å². The number of rotatable bonds is 3. The molecule has 0 bridgehead atoms. The van der Waals surface area contributed by atoms with Crippen molar-refractivity contribution in [2.75, 3.05) is 31.5 Å². The van der Waals surface area contributed by atoms with Crippen LogP contribution in [0.25, 0.3) is 0 Å². The summed E-state index contributed by atoms with van der Waals surface area (Å²) in [5, 5.41) is 0. The molecule has 1 aliphatic rings. The Labute approximate surface area is 96.4 Å². The van der Waals surface area contributed by atoms with E-state index in [1.54, 1.807) is 0 Å². The minimum atomic E-state index is 0.562. The molecule has 0 aromatic rings. The van der Waals surface area contributed by atoms with E-state index in [0.29, 0.717) is 31.0 Å². The third-order valence-corrected chi connectivity index (χ3v) is 1.37. The number of epoxide rings is 1. The fourth-order valence-electron chi connectivity index (χ4n) is 0.222. The Morgan fingerprint density at radius 1 is 1.21 bits per heavy atom. The second-order valence-corrected chi connectivity index (χ2v) is 3.12. The summed E-state index contributed by atoms with van der Waals surface area (Å²) < 4.78 is 4.71. The first-order valence-electron chi connectivity index (χ1n) is 4.51. The Kier molecular flexibility index (Phi) is 18.6. The molecule has 1 heterocycles. The summed E-state index contributed by atoms with van der Waals surface area (Å²) >= 11 is 10.5. The molecule has 0 radical (unpaired) electrons. The van der Waals surface area contributed by atoms with Crippen LogP contribution in [0, 0.1) is 0 Å². The monoisotopic (exact) mass is 242 g/mol. The van der Waals surface area contributed by atoms with E-state index >= 15 is 0 Å². The van der Waals surface area contributed by atoms with E-state index in [1.807, 2.05) is 12.2 Å². The molecule has 0 aliphatic carbocycles. The molecule has 0 aromatic carbocycles. The van der Waals surface area contributed by atoms with Crippen LogP contribution < -0.4 is 11.5 Å². The lowest BCUT2D eigenvalue weighted by molar-refractivity contribution is 0.423. The average Bonchev–Trinajstić information content (AvgIpc) is 2.99. The smallest absolute Gasteiger partial charge is 0.0781 e. The lowest BCUT2D eigenvalue weighted by Crippen LogP contribution is -2.11. The van der Waals surface area contributed by atoms with Gasteiger partial charge in [0.05, 0.1) is 12.7 Å². The maximum atomic E-state index is 5.23. The van der Waals surface area contributed by atoms with Crippen molar-refractivity contribution >= 4 is 23.2 Å². The first-order valence-corrected chi connectivity index (χ1v) is 5.58. The molecule has 3 nitrogen and oxygen atoms in total. The van der Waals surface area contributed by atoms with Crippen LogP contribution in [0.15, 0.2) is 12.2 Å². The standard InChI is InChI=1S/C4H6Cl2.C3H6O.C2H8N2/c5-3-1-2-4-6;1-3-2-4-3;3-1-2-4/h1-2H,3-4H2;3H,2H2,1H3;1-4H2. The van der Waals surface area contributed by atoms with Crippen LogP contribution >= 0.6 is 23.2 Å². The molecule has 0 amide bonds. The summed E-state index contributed by atoms with van der Waals surface area (Å²) in [7, 11) is 0. The molecule has 86 valence electrons. The maximum absolute atomic E-state index is 5.23. The van der Waals surface area contributed by atoms with Crippen molar-refractivity contribution in [2.45, 2.75) is 13.0 Å². The number of alkyl halides is 2. The van der Waals surface area contributed by atoms with Gasteiger partial charge in [-0.2, -0.15) is 0 Å². The molecule has 1 atom stereocenters. The van der Waals surface area contributed by atoms with Crippen molar-refractivity contribution < 1.29 is 4.74 Å². The summed E-state index contributed by atoms with van der Waals surface area (Å²) in [5.41, 5.74) is 9.81. The summed E-state index contributed by atoms with van der Waals surface area (Å²) in [6.07, 6.45) is 4.21. The van der Waals surface area contributed by atoms with Gasteiger partial charge < -0.3 is 16.2 Å². The van der Waals surface area contributed by atoms with Gasteiger partial charge in [0.25, 0.3) is 0 Å². The van der Waals surface area contributed by atoms with Gasteiger partial charge in [-0.1, -0.05) is 12.2 Å². The van der Waals surface area contributed by atoms with Crippen LogP contribution in [-0.2, 0) is 4.74 Å². The van der Waals surface area contributed by atoms with Crippen LogP contribution in [0.5, 0.6) is 0 Å². The van der Waals surface area contributed by atoms with Crippen LogP contribution in [0.2, 0.25) is 0 Å². The summed E-state index contributed by atoms with van der Waals surface area (Å²) in [4.78, 5) is 0. The Hall–Kier alpha value is 0.200. The van der Waals surface area contributed by atoms with E-state index in [-0.39, 0.29) is 0 Å². The largest absolute Gasteiger partial charge is 0.373 e. The van der Waals surface area contributed by atoms with Gasteiger partial charge in [-0.05, 0) is 6.92 Å². The zero-order chi connectivity index (χ0) is 11.2. The number of hydrogen-bond acceptors (Lipinski definition) is 3. The van der Waals surface area contributed by atoms with Gasteiger partial charge in [-0.3, -0.25) is 0 Å². The van der Waals surface area contributed by atoms with E-state index in [1.165, 1.54) is 0 Å². The van der Waals surface area contributed by atoms with Gasteiger partial charge in [0, 0.05) is 24.8 Å². The highest BCUT2D eigenvalue weighted by Crippen LogP contribution is 2.04. The highest BCUT2D eigenvalue weighted by molar-refractivity contribution is 6.20. The lowest BCUT2D eigenvalue weighted by atomic mass is 10.6. The van der Waals surface area contributed by atoms with Gasteiger partial charge in [0.15, 0.2) is 0 Å². The lowest BCUT2D eigenvalue weighted by Gasteiger charge is -1.72. The summed E-state index contributed by atoms with van der Waals surface area (Å²) in [6.45, 7) is 4.24. The third-order valence-electron chi connectivity index (χ3n) is 1.01. The molecule has 14 heavy (non-hydrogen) atoms. The first-order chi connectivity index (χ1) is 6.72. The Morgan fingerprint density at radius 2 is 1.50 bits per heavy atom. The predicted molar refractivity (Wildman–Crippen MR) is 64.1 cm³/mol. The van der Waals surface area contributed by atoms with Crippen molar-refractivity contribution in [1.82, 2.24) is 0 Å². The average molecular weight is 243 g/mol. The Morgan fingerprint density at radius 3 is 1.57 bits per heavy atom. The van der Waals surface area contributed by atoms with Gasteiger partial charge in [0.1, 0.15) is 0 Å². The van der Waals surface area contributed by atoms with E-state index in [9.17, 15) is 0 Å². The number of ether oxygens (including phenoxy) is 1. The molecule has 4 N–H and O–H groups in total. The molecule has 1 fully saturated rings. The van der Waals surface area contributed by atoms with Crippen molar-refractivity contribution in [1.29, 1.82) is 0 Å². The number of allylic oxidation sites excluding steroid dienone is 2. The van der Waals surface area contributed by atoms with Crippen LogP contribution in [0.3, 0.4) is 0 Å². The van der Waals surface area contributed by atoms with Crippen molar-refractivity contribution in [3.8, 4) is 0 Å². The van der Waals surface area contributed by atoms with Gasteiger partial charge in [-0.25, -0.2) is 0 Å². The van der Waals surface area contributed by atoms with E-state index in [0.717, 1.165) is 6.61 Å².